The zero-order chi connectivity index (χ0) is 14.5. The molecule has 3 rings (SSSR count). The maximum atomic E-state index is 5.18. The standard InChI is InChI=1S/C17H24N2OS/c1-20-11-14-6-5-7-15(10-14)19-16-18-12-17(13-21-16)8-3-2-4-9-17/h5-7,10H,2-4,8-9,11-13H2,1H3,(H,18,19). The van der Waals surface area contributed by atoms with Crippen molar-refractivity contribution in [1.29, 1.82) is 0 Å². The number of nitrogens with zero attached hydrogens (tertiary/aromatic N) is 1. The first kappa shape index (κ1) is 14.9. The summed E-state index contributed by atoms with van der Waals surface area (Å²) in [6.45, 7) is 1.65. The monoisotopic (exact) mass is 304 g/mol. The molecule has 0 unspecified atom stereocenters. The van der Waals surface area contributed by atoms with E-state index >= 15 is 0 Å². The van der Waals surface area contributed by atoms with Crippen molar-refractivity contribution in [2.75, 3.05) is 24.7 Å². The van der Waals surface area contributed by atoms with Crippen LogP contribution in [0.3, 0.4) is 0 Å². The molecule has 1 aromatic rings. The Labute approximate surface area is 131 Å². The van der Waals surface area contributed by atoms with E-state index in [1.54, 1.807) is 7.11 Å². The lowest BCUT2D eigenvalue weighted by atomic mass is 9.75. The molecule has 1 spiro atoms. The van der Waals surface area contributed by atoms with Crippen molar-refractivity contribution in [3.63, 3.8) is 0 Å². The number of benzene rings is 1. The molecule has 0 aromatic heterocycles. The lowest BCUT2D eigenvalue weighted by molar-refractivity contribution is 0.185. The molecule has 0 atom stereocenters. The number of hydrogen-bond acceptors (Lipinski definition) is 4. The summed E-state index contributed by atoms with van der Waals surface area (Å²) in [6, 6.07) is 8.37. The second kappa shape index (κ2) is 6.84. The lowest BCUT2D eigenvalue weighted by Gasteiger charge is -2.38. The van der Waals surface area contributed by atoms with Crippen LogP contribution < -0.4 is 5.32 Å². The molecule has 1 heterocycles. The van der Waals surface area contributed by atoms with Gasteiger partial charge in [0, 0.05) is 25.1 Å². The molecule has 1 aliphatic heterocycles. The highest BCUT2D eigenvalue weighted by Crippen LogP contribution is 2.41. The number of nitrogens with one attached hydrogen (secondary N) is 1. The molecule has 21 heavy (non-hydrogen) atoms. The van der Waals surface area contributed by atoms with Gasteiger partial charge in [0.25, 0.3) is 0 Å². The minimum Gasteiger partial charge on any atom is -0.380 e. The van der Waals surface area contributed by atoms with E-state index < -0.39 is 0 Å². The highest BCUT2D eigenvalue weighted by atomic mass is 32.2. The second-order valence-electron chi connectivity index (χ2n) is 6.23. The van der Waals surface area contributed by atoms with Gasteiger partial charge in [-0.2, -0.15) is 0 Å². The normalized spacial score (nSPS) is 21.1. The minimum atomic E-state index is 0.492. The van der Waals surface area contributed by atoms with Gasteiger partial charge in [-0.3, -0.25) is 4.99 Å². The summed E-state index contributed by atoms with van der Waals surface area (Å²) in [5, 5.41) is 4.53. The topological polar surface area (TPSA) is 33.6 Å². The molecule has 0 amide bonds. The van der Waals surface area contributed by atoms with Crippen LogP contribution in [0.2, 0.25) is 0 Å². The van der Waals surface area contributed by atoms with Gasteiger partial charge < -0.3 is 10.1 Å². The number of thioether (sulfide) groups is 1. The van der Waals surface area contributed by atoms with Gasteiger partial charge in [0.05, 0.1) is 6.61 Å². The molecule has 1 aliphatic carbocycles. The Morgan fingerprint density at radius 1 is 1.29 bits per heavy atom. The molecule has 3 nitrogen and oxygen atoms in total. The summed E-state index contributed by atoms with van der Waals surface area (Å²) in [7, 11) is 1.73. The quantitative estimate of drug-likeness (QED) is 0.904. The maximum Gasteiger partial charge on any atom is 0.161 e. The van der Waals surface area contributed by atoms with E-state index in [1.165, 1.54) is 43.4 Å². The molecule has 0 bridgehead atoms. The first-order valence-electron chi connectivity index (χ1n) is 7.82. The molecule has 0 radical (unpaired) electrons. The fourth-order valence-corrected chi connectivity index (χ4v) is 4.43. The maximum absolute atomic E-state index is 5.18. The zero-order valence-electron chi connectivity index (χ0n) is 12.7. The first-order valence-corrected chi connectivity index (χ1v) is 8.80. The third-order valence-electron chi connectivity index (χ3n) is 4.48. The highest BCUT2D eigenvalue weighted by molar-refractivity contribution is 8.14. The van der Waals surface area contributed by atoms with Crippen LogP contribution >= 0.6 is 11.8 Å². The Bertz CT molecular complexity index is 509. The Balaban J connectivity index is 1.62. The van der Waals surface area contributed by atoms with Crippen LogP contribution in [0.4, 0.5) is 5.69 Å². The van der Waals surface area contributed by atoms with E-state index in [2.05, 4.69) is 29.6 Å². The number of aliphatic imine (C=N–C) groups is 1. The van der Waals surface area contributed by atoms with Gasteiger partial charge in [-0.25, -0.2) is 0 Å². The van der Waals surface area contributed by atoms with E-state index in [1.807, 2.05) is 11.8 Å². The molecular weight excluding hydrogens is 280 g/mol. The van der Waals surface area contributed by atoms with E-state index in [9.17, 15) is 0 Å². The van der Waals surface area contributed by atoms with E-state index in [0.717, 1.165) is 17.4 Å². The predicted molar refractivity (Wildman–Crippen MR) is 91.1 cm³/mol. The van der Waals surface area contributed by atoms with Crippen molar-refractivity contribution in [1.82, 2.24) is 0 Å². The summed E-state index contributed by atoms with van der Waals surface area (Å²) >= 11 is 1.89. The number of ether oxygens (including phenoxy) is 1. The first-order chi connectivity index (χ1) is 10.3. The molecule has 1 fully saturated rings. The number of rotatable bonds is 3. The minimum absolute atomic E-state index is 0.492. The molecule has 1 aromatic carbocycles. The summed E-state index contributed by atoms with van der Waals surface area (Å²) in [4.78, 5) is 4.81. The molecule has 2 aliphatic rings. The molecule has 4 heteroatoms. The van der Waals surface area contributed by atoms with Crippen molar-refractivity contribution in [2.24, 2.45) is 10.4 Å². The largest absolute Gasteiger partial charge is 0.380 e. The number of anilines is 1. The highest BCUT2D eigenvalue weighted by Gasteiger charge is 2.34. The third kappa shape index (κ3) is 3.80. The summed E-state index contributed by atoms with van der Waals surface area (Å²) in [5.74, 6) is 1.22. The zero-order valence-corrected chi connectivity index (χ0v) is 13.5. The fourth-order valence-electron chi connectivity index (χ4n) is 3.26. The smallest absolute Gasteiger partial charge is 0.161 e. The molecular formula is C17H24N2OS. The van der Waals surface area contributed by atoms with Crippen LogP contribution in [0, 0.1) is 5.41 Å². The summed E-state index contributed by atoms with van der Waals surface area (Å²) < 4.78 is 5.18. The Kier molecular flexibility index (Phi) is 4.86. The number of methoxy groups -OCH3 is 1. The van der Waals surface area contributed by atoms with Gasteiger partial charge in [0.2, 0.25) is 0 Å². The third-order valence-corrected chi connectivity index (χ3v) is 5.74. The second-order valence-corrected chi connectivity index (χ2v) is 7.19. The van der Waals surface area contributed by atoms with Gasteiger partial charge in [-0.1, -0.05) is 43.2 Å². The van der Waals surface area contributed by atoms with Crippen LogP contribution in [-0.2, 0) is 11.3 Å². The fraction of sp³-hybridized carbons (Fsp3) is 0.588. The van der Waals surface area contributed by atoms with Crippen LogP contribution in [0.25, 0.3) is 0 Å². The lowest BCUT2D eigenvalue weighted by Crippen LogP contribution is -2.35. The van der Waals surface area contributed by atoms with Gasteiger partial charge in [0.1, 0.15) is 0 Å². The number of amidine groups is 1. The SMILES string of the molecule is COCc1cccc(NC2=NCC3(CCCCC3)CS2)c1. The molecule has 1 N–H and O–H groups in total. The van der Waals surface area contributed by atoms with E-state index in [-0.39, 0.29) is 0 Å². The van der Waals surface area contributed by atoms with Crippen molar-refractivity contribution in [3.05, 3.63) is 29.8 Å². The number of hydrogen-bond donors (Lipinski definition) is 1. The van der Waals surface area contributed by atoms with Crippen LogP contribution in [-0.4, -0.2) is 24.6 Å². The van der Waals surface area contributed by atoms with E-state index in [4.69, 9.17) is 9.73 Å². The summed E-state index contributed by atoms with van der Waals surface area (Å²) in [5.41, 5.74) is 2.79. The molecule has 1 saturated carbocycles. The van der Waals surface area contributed by atoms with Crippen molar-refractivity contribution >= 4 is 22.6 Å². The van der Waals surface area contributed by atoms with E-state index in [0.29, 0.717) is 12.0 Å². The van der Waals surface area contributed by atoms with Gasteiger partial charge in [-0.15, -0.1) is 0 Å². The van der Waals surface area contributed by atoms with Crippen LogP contribution in [0.1, 0.15) is 37.7 Å². The van der Waals surface area contributed by atoms with Gasteiger partial charge in [-0.05, 0) is 36.0 Å². The molecule has 0 saturated heterocycles. The van der Waals surface area contributed by atoms with Crippen molar-refractivity contribution < 1.29 is 4.74 Å². The average molecular weight is 304 g/mol. The summed E-state index contributed by atoms with van der Waals surface area (Å²) in [6.07, 6.45) is 6.91. The van der Waals surface area contributed by atoms with Crippen LogP contribution in [0.5, 0.6) is 0 Å². The Morgan fingerprint density at radius 2 is 2.14 bits per heavy atom. The Morgan fingerprint density at radius 3 is 2.86 bits per heavy atom. The van der Waals surface area contributed by atoms with Gasteiger partial charge in [0.15, 0.2) is 5.17 Å². The molecule has 114 valence electrons. The Hall–Kier alpha value is -1.00. The van der Waals surface area contributed by atoms with Gasteiger partial charge >= 0.3 is 0 Å². The van der Waals surface area contributed by atoms with Crippen molar-refractivity contribution in [3.8, 4) is 0 Å². The predicted octanol–water partition coefficient (Wildman–Crippen LogP) is 4.30. The van der Waals surface area contributed by atoms with Crippen LogP contribution in [0.15, 0.2) is 29.3 Å². The average Bonchev–Trinajstić information content (AvgIpc) is 2.52. The van der Waals surface area contributed by atoms with Crippen molar-refractivity contribution in [2.45, 2.75) is 38.7 Å².